The van der Waals surface area contributed by atoms with Crippen molar-refractivity contribution in [2.24, 2.45) is 0 Å². The molecule has 0 aliphatic carbocycles. The molecule has 1 aliphatic heterocycles. The second-order valence-corrected chi connectivity index (χ2v) is 6.60. The van der Waals surface area contributed by atoms with E-state index >= 15 is 0 Å². The van der Waals surface area contributed by atoms with Gasteiger partial charge in [-0.3, -0.25) is 4.79 Å². The van der Waals surface area contributed by atoms with Crippen LogP contribution in [0.4, 0.5) is 17.2 Å². The lowest BCUT2D eigenvalue weighted by Crippen LogP contribution is -2.36. The molecule has 0 spiro atoms. The molecular formula is C19H25N5O. The first-order valence-corrected chi connectivity index (χ1v) is 8.72. The fourth-order valence-corrected chi connectivity index (χ4v) is 2.99. The van der Waals surface area contributed by atoms with Gasteiger partial charge in [-0.25, -0.2) is 9.97 Å². The highest BCUT2D eigenvalue weighted by Gasteiger charge is 2.20. The molecule has 0 unspecified atom stereocenters. The van der Waals surface area contributed by atoms with Gasteiger partial charge < -0.3 is 15.1 Å². The Balaban J connectivity index is 1.77. The van der Waals surface area contributed by atoms with Crippen molar-refractivity contribution in [3.63, 3.8) is 0 Å². The number of nitrogens with zero attached hydrogens (tertiary/aromatic N) is 4. The summed E-state index contributed by atoms with van der Waals surface area (Å²) in [6, 6.07) is 9.81. The van der Waals surface area contributed by atoms with E-state index < -0.39 is 0 Å². The number of likely N-dealkylation sites (tertiary alicyclic amines) is 1. The van der Waals surface area contributed by atoms with Gasteiger partial charge in [0.25, 0.3) is 5.91 Å². The second kappa shape index (κ2) is 7.51. The molecule has 0 radical (unpaired) electrons. The topological polar surface area (TPSA) is 61.4 Å². The van der Waals surface area contributed by atoms with Crippen LogP contribution in [-0.4, -0.2) is 48.0 Å². The van der Waals surface area contributed by atoms with E-state index in [1.54, 1.807) is 6.07 Å². The predicted molar refractivity (Wildman–Crippen MR) is 101 cm³/mol. The SMILES string of the molecule is Cc1nc(Nc2ccc(N(C)C)cc2)cc(C(=O)N2CCCCC2)n1. The number of nitrogens with one attached hydrogen (secondary N) is 1. The van der Waals surface area contributed by atoms with Crippen molar-refractivity contribution in [2.75, 3.05) is 37.4 Å². The third kappa shape index (κ3) is 4.26. The number of benzene rings is 1. The number of aryl methyl sites for hydroxylation is 1. The molecule has 6 heteroatoms. The summed E-state index contributed by atoms with van der Waals surface area (Å²) >= 11 is 0. The van der Waals surface area contributed by atoms with Crippen molar-refractivity contribution in [2.45, 2.75) is 26.2 Å². The summed E-state index contributed by atoms with van der Waals surface area (Å²) in [7, 11) is 4.02. The minimum Gasteiger partial charge on any atom is -0.378 e. The Morgan fingerprint density at radius 2 is 1.76 bits per heavy atom. The molecule has 1 fully saturated rings. The Morgan fingerprint density at radius 3 is 2.40 bits per heavy atom. The zero-order valence-electron chi connectivity index (χ0n) is 15.1. The average molecular weight is 339 g/mol. The molecule has 0 saturated carbocycles. The van der Waals surface area contributed by atoms with Crippen LogP contribution in [0.3, 0.4) is 0 Å². The molecule has 132 valence electrons. The molecule has 0 bridgehead atoms. The maximum Gasteiger partial charge on any atom is 0.272 e. The fraction of sp³-hybridized carbons (Fsp3) is 0.421. The molecule has 1 saturated heterocycles. The van der Waals surface area contributed by atoms with Crippen LogP contribution in [0.1, 0.15) is 35.6 Å². The Hall–Kier alpha value is -2.63. The number of anilines is 3. The molecule has 1 aliphatic rings. The summed E-state index contributed by atoms with van der Waals surface area (Å²) in [5.41, 5.74) is 2.52. The van der Waals surface area contributed by atoms with E-state index in [2.05, 4.69) is 15.3 Å². The van der Waals surface area contributed by atoms with E-state index in [9.17, 15) is 4.79 Å². The Morgan fingerprint density at radius 1 is 1.08 bits per heavy atom. The molecule has 3 rings (SSSR count). The van der Waals surface area contributed by atoms with E-state index in [1.807, 2.05) is 55.1 Å². The Labute approximate surface area is 148 Å². The van der Waals surface area contributed by atoms with E-state index in [-0.39, 0.29) is 5.91 Å². The maximum atomic E-state index is 12.7. The molecule has 1 aromatic heterocycles. The third-order valence-corrected chi connectivity index (χ3v) is 4.36. The zero-order chi connectivity index (χ0) is 17.8. The molecule has 1 aromatic carbocycles. The van der Waals surface area contributed by atoms with Gasteiger partial charge in [-0.2, -0.15) is 0 Å². The van der Waals surface area contributed by atoms with Gasteiger partial charge in [-0.1, -0.05) is 0 Å². The minimum absolute atomic E-state index is 0.00351. The van der Waals surface area contributed by atoms with Crippen molar-refractivity contribution in [3.05, 3.63) is 41.9 Å². The number of rotatable bonds is 4. The monoisotopic (exact) mass is 339 g/mol. The van der Waals surface area contributed by atoms with Crippen LogP contribution >= 0.6 is 0 Å². The van der Waals surface area contributed by atoms with Gasteiger partial charge in [0.1, 0.15) is 17.3 Å². The lowest BCUT2D eigenvalue weighted by atomic mass is 10.1. The first kappa shape index (κ1) is 17.2. The largest absolute Gasteiger partial charge is 0.378 e. The number of piperidine rings is 1. The highest BCUT2D eigenvalue weighted by Crippen LogP contribution is 2.20. The van der Waals surface area contributed by atoms with Gasteiger partial charge in [0, 0.05) is 44.6 Å². The van der Waals surface area contributed by atoms with Crippen LogP contribution in [0, 0.1) is 6.92 Å². The molecule has 6 nitrogen and oxygen atoms in total. The molecule has 2 heterocycles. The summed E-state index contributed by atoms with van der Waals surface area (Å²) in [5, 5.41) is 3.27. The van der Waals surface area contributed by atoms with Gasteiger partial charge in [-0.05, 0) is 50.5 Å². The van der Waals surface area contributed by atoms with Gasteiger partial charge in [0.05, 0.1) is 0 Å². The molecule has 2 aromatic rings. The maximum absolute atomic E-state index is 12.7. The Bertz CT molecular complexity index is 736. The number of amides is 1. The summed E-state index contributed by atoms with van der Waals surface area (Å²) in [6.07, 6.45) is 3.33. The van der Waals surface area contributed by atoms with Crippen molar-refractivity contribution in [3.8, 4) is 0 Å². The van der Waals surface area contributed by atoms with Crippen LogP contribution in [0.25, 0.3) is 0 Å². The predicted octanol–water partition coefficient (Wildman–Crippen LogP) is 3.22. The zero-order valence-corrected chi connectivity index (χ0v) is 15.1. The molecule has 25 heavy (non-hydrogen) atoms. The normalized spacial score (nSPS) is 14.3. The van der Waals surface area contributed by atoms with E-state index in [0.29, 0.717) is 17.3 Å². The smallest absolute Gasteiger partial charge is 0.272 e. The third-order valence-electron chi connectivity index (χ3n) is 4.36. The van der Waals surface area contributed by atoms with Crippen LogP contribution in [0.2, 0.25) is 0 Å². The highest BCUT2D eigenvalue weighted by atomic mass is 16.2. The number of aromatic nitrogens is 2. The molecule has 1 N–H and O–H groups in total. The first-order chi connectivity index (χ1) is 12.0. The van der Waals surface area contributed by atoms with Crippen LogP contribution in [0.15, 0.2) is 30.3 Å². The van der Waals surface area contributed by atoms with Crippen LogP contribution in [-0.2, 0) is 0 Å². The fourth-order valence-electron chi connectivity index (χ4n) is 2.99. The Kier molecular flexibility index (Phi) is 5.16. The van der Waals surface area contributed by atoms with Crippen molar-refractivity contribution >= 4 is 23.1 Å². The van der Waals surface area contributed by atoms with Crippen LogP contribution in [0.5, 0.6) is 0 Å². The molecule has 0 atom stereocenters. The van der Waals surface area contributed by atoms with Gasteiger partial charge in [-0.15, -0.1) is 0 Å². The minimum atomic E-state index is -0.00351. The quantitative estimate of drug-likeness (QED) is 0.927. The van der Waals surface area contributed by atoms with Crippen molar-refractivity contribution < 1.29 is 4.79 Å². The standard InChI is InChI=1S/C19H25N5O/c1-14-20-17(19(25)24-11-5-4-6-12-24)13-18(21-14)22-15-7-9-16(10-8-15)23(2)3/h7-10,13H,4-6,11-12H2,1-3H3,(H,20,21,22). The number of hydrogen-bond acceptors (Lipinski definition) is 5. The van der Waals surface area contributed by atoms with Crippen molar-refractivity contribution in [1.82, 2.24) is 14.9 Å². The summed E-state index contributed by atoms with van der Waals surface area (Å²) in [5.74, 6) is 1.23. The number of carbonyl (C=O) groups excluding carboxylic acids is 1. The molecular weight excluding hydrogens is 314 g/mol. The number of carbonyl (C=O) groups is 1. The lowest BCUT2D eigenvalue weighted by molar-refractivity contribution is 0.0718. The van der Waals surface area contributed by atoms with Crippen LogP contribution < -0.4 is 10.2 Å². The van der Waals surface area contributed by atoms with Gasteiger partial charge in [0.15, 0.2) is 0 Å². The van der Waals surface area contributed by atoms with E-state index in [1.165, 1.54) is 6.42 Å². The van der Waals surface area contributed by atoms with Gasteiger partial charge in [0.2, 0.25) is 0 Å². The summed E-state index contributed by atoms with van der Waals surface area (Å²) in [6.45, 7) is 3.45. The summed E-state index contributed by atoms with van der Waals surface area (Å²) in [4.78, 5) is 25.4. The first-order valence-electron chi connectivity index (χ1n) is 8.72. The second-order valence-electron chi connectivity index (χ2n) is 6.60. The average Bonchev–Trinajstić information content (AvgIpc) is 2.62. The van der Waals surface area contributed by atoms with E-state index in [4.69, 9.17) is 0 Å². The van der Waals surface area contributed by atoms with Gasteiger partial charge >= 0.3 is 0 Å². The van der Waals surface area contributed by atoms with Crippen molar-refractivity contribution in [1.29, 1.82) is 0 Å². The molecule has 1 amide bonds. The number of hydrogen-bond donors (Lipinski definition) is 1. The lowest BCUT2D eigenvalue weighted by Gasteiger charge is -2.26. The summed E-state index contributed by atoms with van der Waals surface area (Å²) < 4.78 is 0. The highest BCUT2D eigenvalue weighted by molar-refractivity contribution is 5.93. The van der Waals surface area contributed by atoms with E-state index in [0.717, 1.165) is 37.3 Å².